The number of pyridine rings is 1. The van der Waals surface area contributed by atoms with Gasteiger partial charge in [0.15, 0.2) is 0 Å². The van der Waals surface area contributed by atoms with E-state index >= 15 is 0 Å². The summed E-state index contributed by atoms with van der Waals surface area (Å²) in [6.45, 7) is 10.3. The Hall–Kier alpha value is -1.24. The van der Waals surface area contributed by atoms with Crippen LogP contribution in [0.2, 0.25) is 5.02 Å². The highest BCUT2D eigenvalue weighted by Gasteiger charge is 2.21. The van der Waals surface area contributed by atoms with E-state index in [4.69, 9.17) is 21.3 Å². The van der Waals surface area contributed by atoms with Crippen molar-refractivity contribution in [3.63, 3.8) is 0 Å². The first-order chi connectivity index (χ1) is 12.6. The number of ether oxygens (including phenoxy) is 1. The lowest BCUT2D eigenvalue weighted by Gasteiger charge is -2.35. The maximum Gasteiger partial charge on any atom is 0.0900 e. The number of benzene rings is 1. The highest BCUT2D eigenvalue weighted by molar-refractivity contribution is 6.32. The Labute approximate surface area is 160 Å². The van der Waals surface area contributed by atoms with Gasteiger partial charge in [0.25, 0.3) is 0 Å². The van der Waals surface area contributed by atoms with Gasteiger partial charge in [0, 0.05) is 51.3 Å². The van der Waals surface area contributed by atoms with Gasteiger partial charge in [0.05, 0.1) is 28.9 Å². The molecule has 0 radical (unpaired) electrons. The second-order valence-electron chi connectivity index (χ2n) is 6.90. The first-order valence-corrected chi connectivity index (χ1v) is 9.70. The third kappa shape index (κ3) is 4.72. The van der Waals surface area contributed by atoms with Crippen LogP contribution in [0.4, 0.5) is 0 Å². The van der Waals surface area contributed by atoms with Gasteiger partial charge in [0.2, 0.25) is 0 Å². The number of hydrogen-bond donors (Lipinski definition) is 1. The summed E-state index contributed by atoms with van der Waals surface area (Å²) in [6.07, 6.45) is -0.416. The number of halogens is 1. The van der Waals surface area contributed by atoms with Crippen LogP contribution in [0.5, 0.6) is 0 Å². The number of rotatable bonds is 7. The van der Waals surface area contributed by atoms with Crippen molar-refractivity contribution >= 4 is 22.5 Å². The molecule has 1 aromatic heterocycles. The van der Waals surface area contributed by atoms with Crippen molar-refractivity contribution in [1.29, 1.82) is 0 Å². The zero-order valence-corrected chi connectivity index (χ0v) is 16.4. The predicted octanol–water partition coefficient (Wildman–Crippen LogP) is 2.71. The Balaban J connectivity index is 1.58. The maximum atomic E-state index is 9.99. The minimum atomic E-state index is -0.416. The van der Waals surface area contributed by atoms with E-state index in [-0.39, 0.29) is 0 Å². The number of piperazine rings is 1. The SMILES string of the molecule is CCOCC(O)CN1CCN(Cc2nc3ccccc3c(C)c2Cl)CC1. The quantitative estimate of drug-likeness (QED) is 0.804. The lowest BCUT2D eigenvalue weighted by molar-refractivity contribution is 0.0100. The van der Waals surface area contributed by atoms with E-state index in [1.54, 1.807) is 0 Å². The minimum Gasteiger partial charge on any atom is -0.389 e. The lowest BCUT2D eigenvalue weighted by atomic mass is 10.1. The molecule has 0 bridgehead atoms. The Morgan fingerprint density at radius 3 is 2.62 bits per heavy atom. The highest BCUT2D eigenvalue weighted by atomic mass is 35.5. The number of aromatic nitrogens is 1. The molecule has 1 aliphatic rings. The van der Waals surface area contributed by atoms with Crippen molar-refractivity contribution in [2.45, 2.75) is 26.5 Å². The van der Waals surface area contributed by atoms with Crippen LogP contribution in [0.15, 0.2) is 24.3 Å². The van der Waals surface area contributed by atoms with E-state index in [0.717, 1.165) is 59.9 Å². The summed E-state index contributed by atoms with van der Waals surface area (Å²) in [6, 6.07) is 8.14. The predicted molar refractivity (Wildman–Crippen MR) is 106 cm³/mol. The molecule has 26 heavy (non-hydrogen) atoms. The van der Waals surface area contributed by atoms with Crippen LogP contribution in [0.25, 0.3) is 10.9 Å². The first-order valence-electron chi connectivity index (χ1n) is 9.32. The van der Waals surface area contributed by atoms with Gasteiger partial charge in [-0.2, -0.15) is 0 Å². The van der Waals surface area contributed by atoms with Gasteiger partial charge in [-0.3, -0.25) is 9.80 Å². The number of aryl methyl sites for hydroxylation is 1. The molecular weight excluding hydrogens is 350 g/mol. The summed E-state index contributed by atoms with van der Waals surface area (Å²) in [5.41, 5.74) is 3.06. The molecular formula is C20H28ClN3O2. The lowest BCUT2D eigenvalue weighted by Crippen LogP contribution is -2.48. The third-order valence-electron chi connectivity index (χ3n) is 4.97. The molecule has 1 fully saturated rings. The van der Waals surface area contributed by atoms with Crippen LogP contribution in [0.3, 0.4) is 0 Å². The van der Waals surface area contributed by atoms with Crippen LogP contribution in [-0.2, 0) is 11.3 Å². The minimum absolute atomic E-state index is 0.409. The number of hydrogen-bond acceptors (Lipinski definition) is 5. The molecule has 142 valence electrons. The number of para-hydroxylation sites is 1. The fourth-order valence-corrected chi connectivity index (χ4v) is 3.67. The Morgan fingerprint density at radius 2 is 1.88 bits per heavy atom. The van der Waals surface area contributed by atoms with Crippen LogP contribution in [-0.4, -0.2) is 71.9 Å². The fourth-order valence-electron chi connectivity index (χ4n) is 3.47. The molecule has 0 saturated carbocycles. The molecule has 1 saturated heterocycles. The summed E-state index contributed by atoms with van der Waals surface area (Å²) in [5.74, 6) is 0. The molecule has 0 spiro atoms. The average Bonchev–Trinajstić information content (AvgIpc) is 2.66. The molecule has 2 heterocycles. The fraction of sp³-hybridized carbons (Fsp3) is 0.550. The topological polar surface area (TPSA) is 48.8 Å². The highest BCUT2D eigenvalue weighted by Crippen LogP contribution is 2.27. The van der Waals surface area contributed by atoms with E-state index in [1.807, 2.05) is 25.1 Å². The van der Waals surface area contributed by atoms with Crippen molar-refractivity contribution in [1.82, 2.24) is 14.8 Å². The average molecular weight is 378 g/mol. The van der Waals surface area contributed by atoms with Crippen LogP contribution >= 0.6 is 11.6 Å². The molecule has 1 atom stereocenters. The van der Waals surface area contributed by atoms with Gasteiger partial charge in [0.1, 0.15) is 0 Å². The normalized spacial score (nSPS) is 17.7. The van der Waals surface area contributed by atoms with E-state index < -0.39 is 6.10 Å². The van der Waals surface area contributed by atoms with Crippen molar-refractivity contribution in [2.75, 3.05) is 45.9 Å². The van der Waals surface area contributed by atoms with Crippen molar-refractivity contribution in [3.05, 3.63) is 40.5 Å². The van der Waals surface area contributed by atoms with Crippen LogP contribution in [0.1, 0.15) is 18.2 Å². The van der Waals surface area contributed by atoms with Crippen LogP contribution in [0, 0.1) is 6.92 Å². The zero-order valence-electron chi connectivity index (χ0n) is 15.6. The second-order valence-corrected chi connectivity index (χ2v) is 7.28. The van der Waals surface area contributed by atoms with Gasteiger partial charge in [-0.05, 0) is 25.5 Å². The molecule has 1 N–H and O–H groups in total. The number of nitrogens with zero attached hydrogens (tertiary/aromatic N) is 3. The van der Waals surface area contributed by atoms with E-state index in [0.29, 0.717) is 19.8 Å². The Bertz CT molecular complexity index is 732. The van der Waals surface area contributed by atoms with Gasteiger partial charge >= 0.3 is 0 Å². The number of β-amino-alcohol motifs (C(OH)–C–C–N with tert-alkyl or cyclic N) is 1. The van der Waals surface area contributed by atoms with Gasteiger partial charge in [-0.1, -0.05) is 29.8 Å². The molecule has 3 rings (SSSR count). The molecule has 1 aliphatic heterocycles. The Kier molecular flexibility index (Phi) is 6.84. The largest absolute Gasteiger partial charge is 0.389 e. The molecule has 1 aromatic carbocycles. The number of aliphatic hydroxyl groups is 1. The summed E-state index contributed by atoms with van der Waals surface area (Å²) in [7, 11) is 0. The molecule has 5 nitrogen and oxygen atoms in total. The van der Waals surface area contributed by atoms with Crippen molar-refractivity contribution < 1.29 is 9.84 Å². The monoisotopic (exact) mass is 377 g/mol. The Morgan fingerprint density at radius 1 is 1.19 bits per heavy atom. The second kappa shape index (κ2) is 9.11. The molecule has 1 unspecified atom stereocenters. The van der Waals surface area contributed by atoms with Gasteiger partial charge in [-0.25, -0.2) is 4.98 Å². The molecule has 6 heteroatoms. The maximum absolute atomic E-state index is 9.99. The summed E-state index contributed by atoms with van der Waals surface area (Å²) >= 11 is 6.59. The number of fused-ring (bicyclic) bond motifs is 1. The smallest absolute Gasteiger partial charge is 0.0900 e. The van der Waals surface area contributed by atoms with E-state index in [1.165, 1.54) is 0 Å². The summed E-state index contributed by atoms with van der Waals surface area (Å²) < 4.78 is 5.29. The van der Waals surface area contributed by atoms with Crippen LogP contribution < -0.4 is 0 Å². The molecule has 0 amide bonds. The molecule has 0 aliphatic carbocycles. The van der Waals surface area contributed by atoms with Crippen molar-refractivity contribution in [2.24, 2.45) is 0 Å². The van der Waals surface area contributed by atoms with Gasteiger partial charge < -0.3 is 9.84 Å². The van der Waals surface area contributed by atoms with E-state index in [2.05, 4.69) is 22.8 Å². The standard InChI is InChI=1S/C20H28ClN3O2/c1-3-26-14-16(25)12-23-8-10-24(11-9-23)13-19-20(21)15(2)17-6-4-5-7-18(17)22-19/h4-7,16,25H,3,8-14H2,1-2H3. The van der Waals surface area contributed by atoms with Gasteiger partial charge in [-0.15, -0.1) is 0 Å². The summed E-state index contributed by atoms with van der Waals surface area (Å²) in [5, 5.41) is 11.9. The van der Waals surface area contributed by atoms with Crippen molar-refractivity contribution in [3.8, 4) is 0 Å². The summed E-state index contributed by atoms with van der Waals surface area (Å²) in [4.78, 5) is 9.46. The molecule has 2 aromatic rings. The zero-order chi connectivity index (χ0) is 18.5. The number of aliphatic hydroxyl groups excluding tert-OH is 1. The van der Waals surface area contributed by atoms with E-state index in [9.17, 15) is 5.11 Å². The third-order valence-corrected chi connectivity index (χ3v) is 5.47. The first kappa shape index (κ1) is 19.5.